The minimum atomic E-state index is -0.451. The highest BCUT2D eigenvalue weighted by atomic mass is 35.5. The van der Waals surface area contributed by atoms with Gasteiger partial charge in [0.25, 0.3) is 0 Å². The smallest absolute Gasteiger partial charge is 0.229 e. The van der Waals surface area contributed by atoms with E-state index in [4.69, 9.17) is 21.1 Å². The lowest BCUT2D eigenvalue weighted by Gasteiger charge is -2.20. The van der Waals surface area contributed by atoms with Gasteiger partial charge >= 0.3 is 0 Å². The molecule has 1 fully saturated rings. The summed E-state index contributed by atoms with van der Waals surface area (Å²) in [6.07, 6.45) is 0.149. The number of hydrogen-bond acceptors (Lipinski definition) is 4. The van der Waals surface area contributed by atoms with E-state index < -0.39 is 5.92 Å². The summed E-state index contributed by atoms with van der Waals surface area (Å²) in [6, 6.07) is 12.4. The lowest BCUT2D eigenvalue weighted by Crippen LogP contribution is -2.28. The van der Waals surface area contributed by atoms with Crippen LogP contribution in [0.4, 0.5) is 11.4 Å². The van der Waals surface area contributed by atoms with Crippen LogP contribution in [0.2, 0.25) is 5.02 Å². The number of ether oxygens (including phenoxy) is 2. The van der Waals surface area contributed by atoms with Gasteiger partial charge < -0.3 is 19.7 Å². The van der Waals surface area contributed by atoms with E-state index in [1.807, 2.05) is 31.2 Å². The van der Waals surface area contributed by atoms with Gasteiger partial charge in [0, 0.05) is 18.7 Å². The number of anilines is 2. The van der Waals surface area contributed by atoms with Gasteiger partial charge in [0.2, 0.25) is 11.8 Å². The van der Waals surface area contributed by atoms with Gasteiger partial charge in [0.05, 0.1) is 30.3 Å². The number of halogens is 1. The van der Waals surface area contributed by atoms with E-state index in [9.17, 15) is 9.59 Å². The first kappa shape index (κ1) is 19.0. The van der Waals surface area contributed by atoms with Crippen molar-refractivity contribution in [3.8, 4) is 11.5 Å². The minimum absolute atomic E-state index is 0.102. The molecule has 0 saturated carbocycles. The molecular formula is C20H21ClN2O4. The highest BCUT2D eigenvalue weighted by Gasteiger charge is 2.36. The third kappa shape index (κ3) is 4.17. The van der Waals surface area contributed by atoms with Gasteiger partial charge in [-0.05, 0) is 37.3 Å². The van der Waals surface area contributed by atoms with Crippen LogP contribution in [0.5, 0.6) is 11.5 Å². The van der Waals surface area contributed by atoms with Crippen molar-refractivity contribution >= 4 is 34.8 Å². The van der Waals surface area contributed by atoms with Crippen molar-refractivity contribution in [1.82, 2.24) is 0 Å². The molecule has 2 aromatic carbocycles. The zero-order chi connectivity index (χ0) is 19.4. The number of hydrogen-bond donors (Lipinski definition) is 1. The molecule has 3 rings (SSSR count). The fourth-order valence-electron chi connectivity index (χ4n) is 3.06. The molecule has 0 spiro atoms. The quantitative estimate of drug-likeness (QED) is 0.818. The third-order valence-corrected chi connectivity index (χ3v) is 4.67. The number of nitrogens with zero attached hydrogens (tertiary/aromatic N) is 1. The van der Waals surface area contributed by atoms with Crippen molar-refractivity contribution in [2.75, 3.05) is 30.5 Å². The Morgan fingerprint density at radius 3 is 2.74 bits per heavy atom. The largest absolute Gasteiger partial charge is 0.495 e. The number of benzene rings is 2. The molecule has 1 aliphatic rings. The van der Waals surface area contributed by atoms with Crippen molar-refractivity contribution in [2.45, 2.75) is 13.3 Å². The maximum absolute atomic E-state index is 12.6. The molecule has 0 unspecified atom stereocenters. The van der Waals surface area contributed by atoms with E-state index in [1.165, 1.54) is 7.11 Å². The number of nitrogens with one attached hydrogen (secondary N) is 1. The van der Waals surface area contributed by atoms with E-state index in [-0.39, 0.29) is 18.2 Å². The molecular weight excluding hydrogens is 368 g/mol. The normalized spacial score (nSPS) is 16.3. The summed E-state index contributed by atoms with van der Waals surface area (Å²) in [5.41, 5.74) is 1.25. The predicted molar refractivity (Wildman–Crippen MR) is 105 cm³/mol. The highest BCUT2D eigenvalue weighted by Crippen LogP contribution is 2.34. The average Bonchev–Trinajstić information content (AvgIpc) is 3.04. The van der Waals surface area contributed by atoms with Crippen LogP contribution in [-0.4, -0.2) is 32.1 Å². The summed E-state index contributed by atoms with van der Waals surface area (Å²) in [7, 11) is 1.53. The molecule has 27 heavy (non-hydrogen) atoms. The van der Waals surface area contributed by atoms with Gasteiger partial charge in [-0.15, -0.1) is 0 Å². The lowest BCUT2D eigenvalue weighted by atomic mass is 10.1. The van der Waals surface area contributed by atoms with E-state index in [2.05, 4.69) is 5.32 Å². The molecule has 2 amide bonds. The standard InChI is InChI=1S/C20H21ClN2O4/c1-3-27-18-7-5-4-6-16(18)23-12-13(10-19(23)24)20(25)22-14-8-9-17(26-2)15(21)11-14/h4-9,11,13H,3,10,12H2,1-2H3,(H,22,25)/t13-/m1/s1. The van der Waals surface area contributed by atoms with Crippen LogP contribution in [0.1, 0.15) is 13.3 Å². The van der Waals surface area contributed by atoms with Gasteiger partial charge in [-0.25, -0.2) is 0 Å². The van der Waals surface area contributed by atoms with E-state index in [0.717, 1.165) is 0 Å². The molecule has 0 radical (unpaired) electrons. The average molecular weight is 389 g/mol. The lowest BCUT2D eigenvalue weighted by molar-refractivity contribution is -0.122. The van der Waals surface area contributed by atoms with Crippen molar-refractivity contribution in [3.05, 3.63) is 47.5 Å². The number of carbonyl (C=O) groups is 2. The van der Waals surface area contributed by atoms with Crippen LogP contribution in [0.3, 0.4) is 0 Å². The molecule has 142 valence electrons. The van der Waals surface area contributed by atoms with Crippen molar-refractivity contribution in [1.29, 1.82) is 0 Å². The van der Waals surface area contributed by atoms with Gasteiger partial charge in [-0.2, -0.15) is 0 Å². The second-order valence-corrected chi connectivity index (χ2v) is 6.55. The number of methoxy groups -OCH3 is 1. The fraction of sp³-hybridized carbons (Fsp3) is 0.300. The van der Waals surface area contributed by atoms with Gasteiger partial charge in [-0.3, -0.25) is 9.59 Å². The maximum Gasteiger partial charge on any atom is 0.229 e. The predicted octanol–water partition coefficient (Wildman–Crippen LogP) is 3.74. The van der Waals surface area contributed by atoms with E-state index >= 15 is 0 Å². The Bertz CT molecular complexity index is 856. The first-order valence-corrected chi connectivity index (χ1v) is 9.08. The Hall–Kier alpha value is -2.73. The second kappa shape index (κ2) is 8.31. The second-order valence-electron chi connectivity index (χ2n) is 6.14. The summed E-state index contributed by atoms with van der Waals surface area (Å²) in [6.45, 7) is 2.69. The molecule has 1 atom stereocenters. The molecule has 0 aromatic heterocycles. The van der Waals surface area contributed by atoms with Crippen molar-refractivity contribution in [3.63, 3.8) is 0 Å². The summed E-state index contributed by atoms with van der Waals surface area (Å²) in [5.74, 6) is 0.393. The number of rotatable bonds is 6. The summed E-state index contributed by atoms with van der Waals surface area (Å²) in [5, 5.41) is 3.23. The van der Waals surface area contributed by atoms with Crippen LogP contribution in [0.25, 0.3) is 0 Å². The number of para-hydroxylation sites is 2. The van der Waals surface area contributed by atoms with Crippen LogP contribution < -0.4 is 19.7 Å². The molecule has 0 aliphatic carbocycles. The Kier molecular flexibility index (Phi) is 5.86. The van der Waals surface area contributed by atoms with Crippen LogP contribution in [0, 0.1) is 5.92 Å². The zero-order valence-corrected chi connectivity index (χ0v) is 16.0. The van der Waals surface area contributed by atoms with Crippen molar-refractivity contribution < 1.29 is 19.1 Å². The van der Waals surface area contributed by atoms with Gasteiger partial charge in [-0.1, -0.05) is 23.7 Å². The molecule has 1 heterocycles. The summed E-state index contributed by atoms with van der Waals surface area (Å²) in [4.78, 5) is 26.7. The fourth-order valence-corrected chi connectivity index (χ4v) is 3.32. The monoisotopic (exact) mass is 388 g/mol. The van der Waals surface area contributed by atoms with Crippen LogP contribution in [0.15, 0.2) is 42.5 Å². The Balaban J connectivity index is 1.72. The highest BCUT2D eigenvalue weighted by molar-refractivity contribution is 6.32. The van der Waals surface area contributed by atoms with E-state index in [0.29, 0.717) is 41.0 Å². The molecule has 0 bridgehead atoms. The Labute approximate surface area is 163 Å². The molecule has 2 aromatic rings. The molecule has 1 aliphatic heterocycles. The van der Waals surface area contributed by atoms with Gasteiger partial charge in [0.1, 0.15) is 11.5 Å². The summed E-state index contributed by atoms with van der Waals surface area (Å²) < 4.78 is 10.7. The Morgan fingerprint density at radius 2 is 2.04 bits per heavy atom. The molecule has 1 saturated heterocycles. The zero-order valence-electron chi connectivity index (χ0n) is 15.2. The van der Waals surface area contributed by atoms with E-state index in [1.54, 1.807) is 23.1 Å². The van der Waals surface area contributed by atoms with Crippen LogP contribution >= 0.6 is 11.6 Å². The molecule has 1 N–H and O–H groups in total. The Morgan fingerprint density at radius 1 is 1.26 bits per heavy atom. The van der Waals surface area contributed by atoms with Gasteiger partial charge in [0.15, 0.2) is 0 Å². The summed E-state index contributed by atoms with van der Waals surface area (Å²) >= 11 is 6.09. The number of carbonyl (C=O) groups excluding carboxylic acids is 2. The minimum Gasteiger partial charge on any atom is -0.495 e. The SMILES string of the molecule is CCOc1ccccc1N1C[C@H](C(=O)Nc2ccc(OC)c(Cl)c2)CC1=O. The van der Waals surface area contributed by atoms with Crippen LogP contribution in [-0.2, 0) is 9.59 Å². The van der Waals surface area contributed by atoms with Crippen molar-refractivity contribution in [2.24, 2.45) is 5.92 Å². The number of amides is 2. The molecule has 7 heteroatoms. The third-order valence-electron chi connectivity index (χ3n) is 4.37. The topological polar surface area (TPSA) is 67.9 Å². The first-order chi connectivity index (χ1) is 13.0. The first-order valence-electron chi connectivity index (χ1n) is 8.70. The molecule has 6 nitrogen and oxygen atoms in total. The maximum atomic E-state index is 12.6.